The molecule has 0 aromatic carbocycles. The molecule has 3 rings (SSSR count). The molecule has 0 aliphatic heterocycles. The van der Waals surface area contributed by atoms with Crippen molar-refractivity contribution in [3.63, 3.8) is 0 Å². The van der Waals surface area contributed by atoms with Gasteiger partial charge < -0.3 is 9.88 Å². The number of pyridine rings is 1. The number of halogens is 3. The SMILES string of the molecule is C=CC(=O)Nc1cnc2c(c1)c(C#Cc1ccc(C(F)(F)F)s1)cn2C. The van der Waals surface area contributed by atoms with Gasteiger partial charge in [0.2, 0.25) is 5.91 Å². The summed E-state index contributed by atoms with van der Waals surface area (Å²) in [5.74, 6) is 5.27. The molecule has 3 heterocycles. The van der Waals surface area contributed by atoms with E-state index in [1.165, 1.54) is 12.3 Å². The van der Waals surface area contributed by atoms with Crippen molar-refractivity contribution in [1.82, 2.24) is 9.55 Å². The molecule has 132 valence electrons. The summed E-state index contributed by atoms with van der Waals surface area (Å²) in [5, 5.41) is 3.30. The molecule has 8 heteroatoms. The third-order valence-corrected chi connectivity index (χ3v) is 4.52. The van der Waals surface area contributed by atoms with Crippen molar-refractivity contribution in [3.05, 3.63) is 58.6 Å². The van der Waals surface area contributed by atoms with Crippen LogP contribution in [0, 0.1) is 11.8 Å². The lowest BCUT2D eigenvalue weighted by Gasteiger charge is -2.02. The number of aromatic nitrogens is 2. The highest BCUT2D eigenvalue weighted by Gasteiger charge is 2.32. The highest BCUT2D eigenvalue weighted by atomic mass is 32.1. The Morgan fingerprint density at radius 2 is 2.15 bits per heavy atom. The first-order valence-electron chi connectivity index (χ1n) is 7.35. The van der Waals surface area contributed by atoms with E-state index in [1.54, 1.807) is 23.9 Å². The van der Waals surface area contributed by atoms with Gasteiger partial charge in [0.25, 0.3) is 0 Å². The molecule has 0 saturated heterocycles. The van der Waals surface area contributed by atoms with Gasteiger partial charge in [-0.25, -0.2) is 4.98 Å². The zero-order chi connectivity index (χ0) is 18.9. The minimum atomic E-state index is -4.37. The maximum Gasteiger partial charge on any atom is 0.425 e. The average Bonchev–Trinajstić information content (AvgIpc) is 3.18. The fourth-order valence-corrected chi connectivity index (χ4v) is 3.04. The molecule has 0 aliphatic rings. The molecule has 0 bridgehead atoms. The normalized spacial score (nSPS) is 11.1. The van der Waals surface area contributed by atoms with Crippen LogP contribution in [0.25, 0.3) is 11.0 Å². The third kappa shape index (κ3) is 3.63. The van der Waals surface area contributed by atoms with Crippen molar-refractivity contribution >= 4 is 34.0 Å². The molecule has 0 unspecified atom stereocenters. The molecule has 4 nitrogen and oxygen atoms in total. The standard InChI is InChI=1S/C18H12F3N3OS/c1-3-16(25)23-12-8-14-11(10-24(2)17(14)22-9-12)4-5-13-6-7-15(26-13)18(19,20)21/h3,6-10H,1H2,2H3,(H,23,25). The van der Waals surface area contributed by atoms with Gasteiger partial charge in [-0.05, 0) is 24.3 Å². The number of alkyl halides is 3. The number of carbonyl (C=O) groups is 1. The number of amides is 1. The van der Waals surface area contributed by atoms with Crippen molar-refractivity contribution in [1.29, 1.82) is 0 Å². The van der Waals surface area contributed by atoms with Crippen LogP contribution in [0.2, 0.25) is 0 Å². The minimum absolute atomic E-state index is 0.318. The third-order valence-electron chi connectivity index (χ3n) is 3.47. The van der Waals surface area contributed by atoms with E-state index in [9.17, 15) is 18.0 Å². The topological polar surface area (TPSA) is 46.9 Å². The van der Waals surface area contributed by atoms with E-state index in [0.717, 1.165) is 12.1 Å². The fourth-order valence-electron chi connectivity index (χ4n) is 2.31. The fraction of sp³-hybridized carbons (Fsp3) is 0.111. The van der Waals surface area contributed by atoms with Crippen LogP contribution in [0.5, 0.6) is 0 Å². The molecule has 0 spiro atoms. The molecular weight excluding hydrogens is 363 g/mol. The monoisotopic (exact) mass is 375 g/mol. The number of nitrogens with one attached hydrogen (secondary N) is 1. The van der Waals surface area contributed by atoms with Crippen LogP contribution in [0.15, 0.2) is 43.2 Å². The van der Waals surface area contributed by atoms with Gasteiger partial charge in [-0.15, -0.1) is 11.3 Å². The summed E-state index contributed by atoms with van der Waals surface area (Å²) in [5.41, 5.74) is 1.73. The van der Waals surface area contributed by atoms with Crippen LogP contribution >= 0.6 is 11.3 Å². The highest BCUT2D eigenvalue weighted by molar-refractivity contribution is 7.12. The molecule has 3 aromatic heterocycles. The van der Waals surface area contributed by atoms with E-state index in [4.69, 9.17) is 0 Å². The molecule has 0 radical (unpaired) electrons. The molecule has 0 aliphatic carbocycles. The first-order valence-corrected chi connectivity index (χ1v) is 8.17. The number of carbonyl (C=O) groups excluding carboxylic acids is 1. The van der Waals surface area contributed by atoms with Crippen molar-refractivity contribution in [2.24, 2.45) is 7.05 Å². The van der Waals surface area contributed by atoms with E-state index in [1.807, 2.05) is 0 Å². The maximum absolute atomic E-state index is 12.7. The van der Waals surface area contributed by atoms with Crippen molar-refractivity contribution in [3.8, 4) is 11.8 Å². The Morgan fingerprint density at radius 3 is 2.81 bits per heavy atom. The van der Waals surface area contributed by atoms with Crippen molar-refractivity contribution in [2.75, 3.05) is 5.32 Å². The molecule has 3 aromatic rings. The van der Waals surface area contributed by atoms with Gasteiger partial charge in [0.1, 0.15) is 10.5 Å². The number of hydrogen-bond acceptors (Lipinski definition) is 3. The number of aryl methyl sites for hydroxylation is 1. The van der Waals surface area contributed by atoms with Gasteiger partial charge in [-0.3, -0.25) is 4.79 Å². The summed E-state index contributed by atoms with van der Waals surface area (Å²) in [6.45, 7) is 3.39. The lowest BCUT2D eigenvalue weighted by Crippen LogP contribution is -2.07. The summed E-state index contributed by atoms with van der Waals surface area (Å²) >= 11 is 0.597. The van der Waals surface area contributed by atoms with E-state index in [0.29, 0.717) is 38.5 Å². The molecule has 0 saturated carbocycles. The number of anilines is 1. The van der Waals surface area contributed by atoms with Gasteiger partial charge in [-0.2, -0.15) is 13.2 Å². The van der Waals surface area contributed by atoms with Gasteiger partial charge in [0.15, 0.2) is 0 Å². The van der Waals surface area contributed by atoms with E-state index < -0.39 is 11.1 Å². The summed E-state index contributed by atoms with van der Waals surface area (Å²) < 4.78 is 39.7. The summed E-state index contributed by atoms with van der Waals surface area (Å²) in [6.07, 6.45) is 0.0228. The van der Waals surface area contributed by atoms with Crippen LogP contribution in [0.1, 0.15) is 15.3 Å². The Labute approximate surface area is 151 Å². The predicted octanol–water partition coefficient (Wildman–Crippen LogP) is 4.18. The Bertz CT molecular complexity index is 1070. The van der Waals surface area contributed by atoms with E-state index >= 15 is 0 Å². The lowest BCUT2D eigenvalue weighted by molar-refractivity contribution is -0.134. The molecule has 1 N–H and O–H groups in total. The molecule has 0 fully saturated rings. The van der Waals surface area contributed by atoms with E-state index in [2.05, 4.69) is 28.7 Å². The lowest BCUT2D eigenvalue weighted by atomic mass is 10.2. The second-order valence-corrected chi connectivity index (χ2v) is 6.44. The number of hydrogen-bond donors (Lipinski definition) is 1. The van der Waals surface area contributed by atoms with Gasteiger partial charge >= 0.3 is 6.18 Å². The van der Waals surface area contributed by atoms with Crippen LogP contribution in [-0.4, -0.2) is 15.5 Å². The summed E-state index contributed by atoms with van der Waals surface area (Å²) in [6, 6.07) is 4.07. The molecule has 0 atom stereocenters. The minimum Gasteiger partial charge on any atom is -0.334 e. The van der Waals surface area contributed by atoms with Gasteiger partial charge in [0, 0.05) is 18.6 Å². The van der Waals surface area contributed by atoms with E-state index in [-0.39, 0.29) is 5.91 Å². The Hall–Kier alpha value is -3.05. The number of nitrogens with zero attached hydrogens (tertiary/aromatic N) is 2. The van der Waals surface area contributed by atoms with Crippen LogP contribution in [0.4, 0.5) is 18.9 Å². The number of thiophene rings is 1. The van der Waals surface area contributed by atoms with Crippen LogP contribution in [0.3, 0.4) is 0 Å². The average molecular weight is 375 g/mol. The maximum atomic E-state index is 12.7. The van der Waals surface area contributed by atoms with Crippen molar-refractivity contribution < 1.29 is 18.0 Å². The van der Waals surface area contributed by atoms with Gasteiger partial charge in [0.05, 0.1) is 22.3 Å². The molecular formula is C18H12F3N3OS. The van der Waals surface area contributed by atoms with Crippen molar-refractivity contribution in [2.45, 2.75) is 6.18 Å². The molecule has 26 heavy (non-hydrogen) atoms. The molecule has 1 amide bonds. The quantitative estimate of drug-likeness (QED) is 0.540. The predicted molar refractivity (Wildman–Crippen MR) is 94.8 cm³/mol. The van der Waals surface area contributed by atoms with Gasteiger partial charge in [-0.1, -0.05) is 18.4 Å². The summed E-state index contributed by atoms with van der Waals surface area (Å²) in [7, 11) is 1.79. The van der Waals surface area contributed by atoms with Crippen LogP contribution < -0.4 is 5.32 Å². The second-order valence-electron chi connectivity index (χ2n) is 5.35. The Morgan fingerprint density at radius 1 is 1.38 bits per heavy atom. The summed E-state index contributed by atoms with van der Waals surface area (Å²) in [4.78, 5) is 15.3. The first kappa shape index (κ1) is 17.8. The largest absolute Gasteiger partial charge is 0.425 e. The number of fused-ring (bicyclic) bond motifs is 1. The highest BCUT2D eigenvalue weighted by Crippen LogP contribution is 2.34. The number of rotatable bonds is 2. The zero-order valence-electron chi connectivity index (χ0n) is 13.5. The Balaban J connectivity index is 1.98. The zero-order valence-corrected chi connectivity index (χ0v) is 14.3. The Kier molecular flexibility index (Phi) is 4.57. The smallest absolute Gasteiger partial charge is 0.334 e. The van der Waals surface area contributed by atoms with Crippen LogP contribution in [-0.2, 0) is 18.0 Å². The second kappa shape index (κ2) is 6.69. The first-order chi connectivity index (χ1) is 12.3.